The van der Waals surface area contributed by atoms with Crippen molar-refractivity contribution in [2.75, 3.05) is 12.4 Å². The molecule has 1 aromatic carbocycles. The van der Waals surface area contributed by atoms with Gasteiger partial charge in [-0.2, -0.15) is 0 Å². The zero-order chi connectivity index (χ0) is 22.4. The summed E-state index contributed by atoms with van der Waals surface area (Å²) in [7, 11) is 3.40. The predicted molar refractivity (Wildman–Crippen MR) is 119 cm³/mol. The highest BCUT2D eigenvalue weighted by Gasteiger charge is 2.32. The number of benzene rings is 1. The van der Waals surface area contributed by atoms with Crippen LogP contribution in [0.3, 0.4) is 0 Å². The molecule has 3 aromatic rings. The number of aryl methyl sites for hydroxylation is 1. The average Bonchev–Trinajstić information content (AvgIpc) is 3.41. The lowest BCUT2D eigenvalue weighted by atomic mass is 10.0. The maximum absolute atomic E-state index is 15.2. The van der Waals surface area contributed by atoms with Gasteiger partial charge in [0.05, 0.1) is 5.56 Å². The Morgan fingerprint density at radius 2 is 2.03 bits per heavy atom. The van der Waals surface area contributed by atoms with Gasteiger partial charge in [0, 0.05) is 61.7 Å². The molecule has 7 nitrogen and oxygen atoms in total. The molecule has 162 valence electrons. The zero-order valence-corrected chi connectivity index (χ0v) is 17.8. The Bertz CT molecular complexity index is 1290. The van der Waals surface area contributed by atoms with Gasteiger partial charge in [0.15, 0.2) is 0 Å². The quantitative estimate of drug-likeness (QED) is 0.648. The van der Waals surface area contributed by atoms with Crippen molar-refractivity contribution in [1.82, 2.24) is 19.9 Å². The number of fused-ring (bicyclic) bond motifs is 1. The molecule has 0 spiro atoms. The van der Waals surface area contributed by atoms with Crippen molar-refractivity contribution in [3.63, 3.8) is 0 Å². The summed E-state index contributed by atoms with van der Waals surface area (Å²) in [6.07, 6.45) is 8.87. The molecule has 0 saturated heterocycles. The number of pyridine rings is 1. The molecule has 2 aliphatic rings. The Kier molecular flexibility index (Phi) is 4.84. The Labute approximate surface area is 184 Å². The minimum absolute atomic E-state index is 0.0241. The molecule has 8 heteroatoms. The molecule has 2 amide bonds. The highest BCUT2D eigenvalue weighted by molar-refractivity contribution is 6.04. The summed E-state index contributed by atoms with van der Waals surface area (Å²) in [5, 5.41) is 5.50. The summed E-state index contributed by atoms with van der Waals surface area (Å²) in [4.78, 5) is 33.3. The van der Waals surface area contributed by atoms with E-state index in [4.69, 9.17) is 0 Å². The number of hydrogen-bond donors (Lipinski definition) is 2. The molecule has 0 atom stereocenters. The van der Waals surface area contributed by atoms with Crippen molar-refractivity contribution in [3.8, 4) is 11.4 Å². The van der Waals surface area contributed by atoms with Crippen LogP contribution in [0.25, 0.3) is 23.0 Å². The Balaban J connectivity index is 1.52. The van der Waals surface area contributed by atoms with E-state index < -0.39 is 0 Å². The smallest absolute Gasteiger partial charge is 0.253 e. The van der Waals surface area contributed by atoms with E-state index in [0.29, 0.717) is 40.3 Å². The lowest BCUT2D eigenvalue weighted by Gasteiger charge is -2.12. The number of carbonyl (C=O) groups is 2. The number of halogens is 1. The highest BCUT2D eigenvalue weighted by Crippen LogP contribution is 2.39. The maximum atomic E-state index is 15.2. The normalized spacial score (nSPS) is 14.7. The van der Waals surface area contributed by atoms with Crippen molar-refractivity contribution >= 4 is 29.3 Å². The molecular weight excluding hydrogens is 409 g/mol. The average molecular weight is 431 g/mol. The molecule has 2 heterocycles. The molecule has 1 fully saturated rings. The van der Waals surface area contributed by atoms with Crippen LogP contribution >= 0.6 is 0 Å². The van der Waals surface area contributed by atoms with Gasteiger partial charge in [-0.1, -0.05) is 12.1 Å². The van der Waals surface area contributed by atoms with Crippen LogP contribution in [0.2, 0.25) is 0 Å². The van der Waals surface area contributed by atoms with Crippen LogP contribution in [0, 0.1) is 11.7 Å². The molecule has 1 saturated carbocycles. The largest absolute Gasteiger partial charge is 0.355 e. The van der Waals surface area contributed by atoms with Crippen LogP contribution < -0.4 is 10.6 Å². The van der Waals surface area contributed by atoms with Gasteiger partial charge in [-0.3, -0.25) is 9.59 Å². The lowest BCUT2D eigenvalue weighted by molar-refractivity contribution is -0.117. The number of nitrogens with one attached hydrogen (secondary N) is 2. The number of carbonyl (C=O) groups excluding carboxylic acids is 2. The lowest BCUT2D eigenvalue weighted by Crippen LogP contribution is -2.21. The third-order valence-electron chi connectivity index (χ3n) is 5.97. The van der Waals surface area contributed by atoms with Gasteiger partial charge in [-0.25, -0.2) is 14.4 Å². The third-order valence-corrected chi connectivity index (χ3v) is 5.97. The number of imidazole rings is 1. The van der Waals surface area contributed by atoms with E-state index in [-0.39, 0.29) is 23.5 Å². The van der Waals surface area contributed by atoms with Gasteiger partial charge in [0.2, 0.25) is 5.91 Å². The molecule has 0 unspecified atom stereocenters. The van der Waals surface area contributed by atoms with Crippen LogP contribution in [0.4, 0.5) is 10.2 Å². The Morgan fingerprint density at radius 1 is 1.22 bits per heavy atom. The number of rotatable bonds is 5. The van der Waals surface area contributed by atoms with Gasteiger partial charge in [0.1, 0.15) is 17.5 Å². The van der Waals surface area contributed by atoms with E-state index in [1.54, 1.807) is 19.3 Å². The van der Waals surface area contributed by atoms with E-state index >= 15 is 4.39 Å². The van der Waals surface area contributed by atoms with E-state index in [1.807, 2.05) is 30.0 Å². The molecule has 2 aliphatic carbocycles. The summed E-state index contributed by atoms with van der Waals surface area (Å²) >= 11 is 0. The van der Waals surface area contributed by atoms with Crippen molar-refractivity contribution in [2.24, 2.45) is 13.0 Å². The van der Waals surface area contributed by atoms with Crippen LogP contribution in [-0.4, -0.2) is 33.4 Å². The highest BCUT2D eigenvalue weighted by atomic mass is 19.1. The molecule has 2 aromatic heterocycles. The number of nitrogens with zero attached hydrogens (tertiary/aromatic N) is 3. The van der Waals surface area contributed by atoms with Crippen LogP contribution in [0.1, 0.15) is 39.9 Å². The molecule has 32 heavy (non-hydrogen) atoms. The second-order valence-corrected chi connectivity index (χ2v) is 8.16. The molecular formula is C24H22FN5O2. The second-order valence-electron chi connectivity index (χ2n) is 8.16. The van der Waals surface area contributed by atoms with Crippen molar-refractivity contribution in [3.05, 3.63) is 64.9 Å². The van der Waals surface area contributed by atoms with Gasteiger partial charge < -0.3 is 15.2 Å². The molecule has 0 bridgehead atoms. The number of amides is 2. The minimum Gasteiger partial charge on any atom is -0.355 e. The predicted octanol–water partition coefficient (Wildman–Crippen LogP) is 3.43. The summed E-state index contributed by atoms with van der Waals surface area (Å²) in [6, 6.07) is 5.03. The van der Waals surface area contributed by atoms with Gasteiger partial charge >= 0.3 is 0 Å². The monoisotopic (exact) mass is 431 g/mol. The fourth-order valence-electron chi connectivity index (χ4n) is 4.05. The summed E-state index contributed by atoms with van der Waals surface area (Å²) in [5.41, 5.74) is 3.63. The first kappa shape index (κ1) is 20.1. The van der Waals surface area contributed by atoms with Gasteiger partial charge in [0.25, 0.3) is 5.91 Å². The maximum Gasteiger partial charge on any atom is 0.253 e. The van der Waals surface area contributed by atoms with Gasteiger partial charge in [-0.05, 0) is 36.1 Å². The van der Waals surface area contributed by atoms with Crippen molar-refractivity contribution in [2.45, 2.75) is 19.3 Å². The molecule has 0 aliphatic heterocycles. The van der Waals surface area contributed by atoms with E-state index in [0.717, 1.165) is 24.0 Å². The standard InChI is InChI=1S/C24H22FN5O2/c1-26-24(32)19-12-28-21(29-23(31)13-3-4-13)18-10-15(9-17(18)19)16-6-5-14(11-20(16)25)22-27-7-8-30(22)2/h5-9,11-13H,3-4,10H2,1-2H3,(H,26,32)(H,28,29,31). The minimum atomic E-state index is -0.373. The van der Waals surface area contributed by atoms with E-state index in [2.05, 4.69) is 20.6 Å². The van der Waals surface area contributed by atoms with Crippen LogP contribution in [-0.2, 0) is 18.3 Å². The number of aromatic nitrogens is 3. The van der Waals surface area contributed by atoms with E-state index in [1.165, 1.54) is 12.3 Å². The molecule has 2 N–H and O–H groups in total. The summed E-state index contributed by atoms with van der Waals surface area (Å²) in [6.45, 7) is 0. The first-order valence-electron chi connectivity index (χ1n) is 10.5. The fourth-order valence-corrected chi connectivity index (χ4v) is 4.05. The van der Waals surface area contributed by atoms with E-state index in [9.17, 15) is 9.59 Å². The zero-order valence-electron chi connectivity index (χ0n) is 17.8. The number of anilines is 1. The van der Waals surface area contributed by atoms with Crippen molar-refractivity contribution < 1.29 is 14.0 Å². The SMILES string of the molecule is CNC(=O)c1cnc(NC(=O)C2CC2)c2c1C=C(c1ccc(-c3nccn3C)cc1F)C2. The number of hydrogen-bond acceptors (Lipinski definition) is 4. The third kappa shape index (κ3) is 3.47. The Morgan fingerprint density at radius 3 is 2.69 bits per heavy atom. The fraction of sp³-hybridized carbons (Fsp3) is 0.250. The summed E-state index contributed by atoms with van der Waals surface area (Å²) < 4.78 is 17.0. The Hall–Kier alpha value is -3.81. The van der Waals surface area contributed by atoms with Gasteiger partial charge in [-0.15, -0.1) is 0 Å². The van der Waals surface area contributed by atoms with Crippen molar-refractivity contribution in [1.29, 1.82) is 0 Å². The molecule has 5 rings (SSSR count). The van der Waals surface area contributed by atoms with Crippen LogP contribution in [0.5, 0.6) is 0 Å². The first-order chi connectivity index (χ1) is 15.5. The topological polar surface area (TPSA) is 88.9 Å². The first-order valence-corrected chi connectivity index (χ1v) is 10.5. The second kappa shape index (κ2) is 7.71. The summed E-state index contributed by atoms with van der Waals surface area (Å²) in [5.74, 6) is 0.415. The van der Waals surface area contributed by atoms with Crippen LogP contribution in [0.15, 0.2) is 36.8 Å². The molecule has 0 radical (unpaired) electrons. The number of allylic oxidation sites excluding steroid dienone is 1.